The van der Waals surface area contributed by atoms with Crippen molar-refractivity contribution in [1.82, 2.24) is 9.88 Å². The van der Waals surface area contributed by atoms with Gasteiger partial charge in [0.25, 0.3) is 5.91 Å². The quantitative estimate of drug-likeness (QED) is 0.590. The summed E-state index contributed by atoms with van der Waals surface area (Å²) in [7, 11) is 3.41. The number of piperidine rings is 1. The Hall–Kier alpha value is -2.35. The van der Waals surface area contributed by atoms with Crippen molar-refractivity contribution >= 4 is 46.6 Å². The van der Waals surface area contributed by atoms with Crippen molar-refractivity contribution in [2.24, 2.45) is 0 Å². The Kier molecular flexibility index (Phi) is 8.34. The minimum atomic E-state index is -0.284. The highest BCUT2D eigenvalue weighted by Gasteiger charge is 2.28. The number of hydrogen-bond acceptors (Lipinski definition) is 6. The van der Waals surface area contributed by atoms with E-state index in [2.05, 4.69) is 20.1 Å². The second-order valence-corrected chi connectivity index (χ2v) is 8.86. The summed E-state index contributed by atoms with van der Waals surface area (Å²) in [4.78, 5) is 33.2. The zero-order valence-corrected chi connectivity index (χ0v) is 20.0. The minimum Gasteiger partial charge on any atom is -0.469 e. The number of esters is 1. The average Bonchev–Trinajstić information content (AvgIpc) is 2.80. The molecule has 2 aromatic rings. The van der Waals surface area contributed by atoms with Gasteiger partial charge < -0.3 is 15.0 Å². The Labute approximate surface area is 198 Å². The summed E-state index contributed by atoms with van der Waals surface area (Å²) in [6.07, 6.45) is 3.71. The Morgan fingerprint density at radius 2 is 1.91 bits per heavy atom. The van der Waals surface area contributed by atoms with E-state index in [9.17, 15) is 9.59 Å². The first-order valence-corrected chi connectivity index (χ1v) is 11.3. The monoisotopic (exact) mass is 478 g/mol. The second-order valence-electron chi connectivity index (χ2n) is 7.98. The number of nitrogens with one attached hydrogen (secondary N) is 1. The summed E-state index contributed by atoms with van der Waals surface area (Å²) >= 11 is 12.1. The molecule has 1 aliphatic heterocycles. The third kappa shape index (κ3) is 6.12. The van der Waals surface area contributed by atoms with Gasteiger partial charge in [-0.05, 0) is 50.1 Å². The number of methoxy groups -OCH3 is 1. The first-order chi connectivity index (χ1) is 15.3. The molecule has 1 fully saturated rings. The van der Waals surface area contributed by atoms with Crippen molar-refractivity contribution < 1.29 is 14.3 Å². The molecule has 3 rings (SSSR count). The van der Waals surface area contributed by atoms with Crippen molar-refractivity contribution in [3.05, 3.63) is 52.1 Å². The van der Waals surface area contributed by atoms with Crippen LogP contribution in [0.1, 0.15) is 36.5 Å². The average molecular weight is 479 g/mol. The molecule has 0 aliphatic carbocycles. The molecule has 1 N–H and O–H groups in total. The molecule has 0 radical (unpaired) electrons. The van der Waals surface area contributed by atoms with E-state index in [-0.39, 0.29) is 24.0 Å². The van der Waals surface area contributed by atoms with Gasteiger partial charge in [0.05, 0.1) is 24.1 Å². The van der Waals surface area contributed by atoms with E-state index in [1.807, 2.05) is 20.0 Å². The van der Waals surface area contributed by atoms with Crippen LogP contribution in [0.3, 0.4) is 0 Å². The molecule has 2 heterocycles. The molecule has 1 aromatic heterocycles. The molecule has 0 bridgehead atoms. The number of ether oxygens (including phenoxy) is 1. The number of likely N-dealkylation sites (tertiary alicyclic amines) is 1. The lowest BCUT2D eigenvalue weighted by molar-refractivity contribution is -0.142. The Morgan fingerprint density at radius 3 is 2.53 bits per heavy atom. The highest BCUT2D eigenvalue weighted by molar-refractivity contribution is 6.31. The number of carbonyl (C=O) groups excluding carboxylic acids is 2. The summed E-state index contributed by atoms with van der Waals surface area (Å²) in [5.41, 5.74) is 1.29. The summed E-state index contributed by atoms with van der Waals surface area (Å²) in [6.45, 7) is 3.79. The Bertz CT molecular complexity index is 947. The number of aromatic nitrogens is 1. The van der Waals surface area contributed by atoms with Crippen LogP contribution in [-0.2, 0) is 9.53 Å². The fraction of sp³-hybridized carbons (Fsp3) is 0.435. The summed E-state index contributed by atoms with van der Waals surface area (Å²) < 4.78 is 4.79. The van der Waals surface area contributed by atoms with Crippen LogP contribution in [0.5, 0.6) is 0 Å². The van der Waals surface area contributed by atoms with E-state index in [0.29, 0.717) is 27.8 Å². The summed E-state index contributed by atoms with van der Waals surface area (Å²) in [5, 5.41) is 3.80. The molecular weight excluding hydrogens is 451 g/mol. The molecule has 0 spiro atoms. The zero-order chi connectivity index (χ0) is 23.3. The van der Waals surface area contributed by atoms with E-state index < -0.39 is 0 Å². The maximum absolute atomic E-state index is 13.0. The number of benzene rings is 1. The van der Waals surface area contributed by atoms with Gasteiger partial charge in [-0.3, -0.25) is 14.5 Å². The largest absolute Gasteiger partial charge is 0.469 e. The maximum Gasteiger partial charge on any atom is 0.307 e. The van der Waals surface area contributed by atoms with Crippen molar-refractivity contribution in [3.63, 3.8) is 0 Å². The summed E-state index contributed by atoms with van der Waals surface area (Å²) in [6, 6.07) is 9.06. The van der Waals surface area contributed by atoms with Crippen LogP contribution in [0.4, 0.5) is 11.5 Å². The lowest BCUT2D eigenvalue weighted by Crippen LogP contribution is -2.47. The van der Waals surface area contributed by atoms with Gasteiger partial charge in [-0.15, -0.1) is 0 Å². The topological polar surface area (TPSA) is 74.8 Å². The molecular formula is C23H28Cl2N4O3. The molecule has 1 atom stereocenters. The fourth-order valence-corrected chi connectivity index (χ4v) is 4.28. The van der Waals surface area contributed by atoms with Crippen LogP contribution in [-0.4, -0.2) is 61.1 Å². The lowest BCUT2D eigenvalue weighted by Gasteiger charge is -2.40. The van der Waals surface area contributed by atoms with Gasteiger partial charge in [0.15, 0.2) is 0 Å². The number of carbonyl (C=O) groups is 2. The van der Waals surface area contributed by atoms with Crippen LogP contribution in [0.2, 0.25) is 10.0 Å². The van der Waals surface area contributed by atoms with Gasteiger partial charge in [0.2, 0.25) is 0 Å². The molecule has 1 unspecified atom stereocenters. The van der Waals surface area contributed by atoms with Crippen LogP contribution >= 0.6 is 23.2 Å². The second kappa shape index (κ2) is 11.0. The molecule has 1 aromatic carbocycles. The number of amides is 1. The van der Waals surface area contributed by atoms with E-state index in [1.54, 1.807) is 24.3 Å². The Balaban J connectivity index is 1.69. The highest BCUT2D eigenvalue weighted by atomic mass is 35.5. The number of hydrogen-bond donors (Lipinski definition) is 1. The molecule has 32 heavy (non-hydrogen) atoms. The molecule has 0 saturated carbocycles. The highest BCUT2D eigenvalue weighted by Crippen LogP contribution is 2.29. The van der Waals surface area contributed by atoms with Gasteiger partial charge in [0, 0.05) is 49.1 Å². The van der Waals surface area contributed by atoms with E-state index in [1.165, 1.54) is 13.3 Å². The molecule has 7 nitrogen and oxygen atoms in total. The smallest absolute Gasteiger partial charge is 0.307 e. The van der Waals surface area contributed by atoms with Gasteiger partial charge in [-0.2, -0.15) is 0 Å². The molecule has 9 heteroatoms. The molecule has 1 saturated heterocycles. The van der Waals surface area contributed by atoms with Gasteiger partial charge in [-0.1, -0.05) is 23.2 Å². The first kappa shape index (κ1) is 24.3. The van der Waals surface area contributed by atoms with Crippen LogP contribution in [0, 0.1) is 0 Å². The minimum absolute atomic E-state index is 0.137. The maximum atomic E-state index is 13.0. The zero-order valence-electron chi connectivity index (χ0n) is 18.5. The van der Waals surface area contributed by atoms with E-state index in [4.69, 9.17) is 27.9 Å². The van der Waals surface area contributed by atoms with E-state index in [0.717, 1.165) is 31.6 Å². The van der Waals surface area contributed by atoms with Gasteiger partial charge in [-0.25, -0.2) is 4.98 Å². The van der Waals surface area contributed by atoms with Crippen LogP contribution in [0.15, 0.2) is 36.5 Å². The predicted octanol–water partition coefficient (Wildman–Crippen LogP) is 4.49. The van der Waals surface area contributed by atoms with Crippen molar-refractivity contribution in [1.29, 1.82) is 0 Å². The van der Waals surface area contributed by atoms with E-state index >= 15 is 0 Å². The third-order valence-corrected chi connectivity index (χ3v) is 6.37. The first-order valence-electron chi connectivity index (χ1n) is 10.5. The number of pyridine rings is 1. The number of rotatable bonds is 7. The normalized spacial score (nSPS) is 15.8. The Morgan fingerprint density at radius 1 is 1.22 bits per heavy atom. The van der Waals surface area contributed by atoms with Gasteiger partial charge >= 0.3 is 5.97 Å². The van der Waals surface area contributed by atoms with Crippen molar-refractivity contribution in [2.45, 2.75) is 38.3 Å². The molecule has 172 valence electrons. The predicted molar refractivity (Wildman–Crippen MR) is 128 cm³/mol. The molecule has 1 aliphatic rings. The molecule has 1 amide bonds. The standard InChI is InChI=1S/C23H28Cl2N4O3/c1-15(12-22(30)32-3)29-10-8-18(9-11-29)28(2)20-6-4-16(24)13-19(20)23(31)27-21-7-5-17(25)14-26-21/h4-7,13-15,18H,8-12H2,1-3H3,(H,26,27,31). The number of nitrogens with zero attached hydrogens (tertiary/aromatic N) is 3. The van der Waals surface area contributed by atoms with Crippen LogP contribution in [0.25, 0.3) is 0 Å². The third-order valence-electron chi connectivity index (χ3n) is 5.91. The lowest BCUT2D eigenvalue weighted by atomic mass is 9.99. The number of halogens is 2. The van der Waals surface area contributed by atoms with Crippen molar-refractivity contribution in [2.75, 3.05) is 37.5 Å². The van der Waals surface area contributed by atoms with Crippen LogP contribution < -0.4 is 10.2 Å². The fourth-order valence-electron chi connectivity index (χ4n) is 4.00. The summed E-state index contributed by atoms with van der Waals surface area (Å²) in [5.74, 6) is -0.0575. The van der Waals surface area contributed by atoms with Crippen molar-refractivity contribution in [3.8, 4) is 0 Å². The SMILES string of the molecule is COC(=O)CC(C)N1CCC(N(C)c2ccc(Cl)cc2C(=O)Nc2ccc(Cl)cn2)CC1. The van der Waals surface area contributed by atoms with Gasteiger partial charge in [0.1, 0.15) is 5.82 Å². The number of anilines is 2.